The number of fused-ring (bicyclic) bond motifs is 3. The van der Waals surface area contributed by atoms with Gasteiger partial charge in [0.15, 0.2) is 0 Å². The molecule has 180 valence electrons. The maximum absolute atomic E-state index is 13.5. The van der Waals surface area contributed by atoms with Crippen LogP contribution in [0.25, 0.3) is 33.4 Å². The topological polar surface area (TPSA) is 54.4 Å². The summed E-state index contributed by atoms with van der Waals surface area (Å²) in [7, 11) is -5.84. The summed E-state index contributed by atoms with van der Waals surface area (Å²) >= 11 is 0. The standard InChI is InChI=1S/C25H16F2.CHF3O3S/c26-19-9-5-16(6-10-19)22-13-14-23-21-4-2-1-3-18(21)15-24(23)25(22)17-7-11-20(27)12-8-17;2-1(3,4)8(5,6)7/h1-14H,15H2;(H,5,6,7). The first-order valence-corrected chi connectivity index (χ1v) is 11.7. The molecule has 1 aliphatic carbocycles. The van der Waals surface area contributed by atoms with E-state index in [1.54, 1.807) is 12.1 Å². The lowest BCUT2D eigenvalue weighted by Crippen LogP contribution is -2.21. The van der Waals surface area contributed by atoms with Gasteiger partial charge in [0.25, 0.3) is 0 Å². The zero-order valence-electron chi connectivity index (χ0n) is 17.9. The fourth-order valence-electron chi connectivity index (χ4n) is 4.03. The molecule has 1 N–H and O–H groups in total. The Labute approximate surface area is 198 Å². The number of hydrogen-bond donors (Lipinski definition) is 1. The number of alkyl halides is 3. The Morgan fingerprint density at radius 3 is 1.69 bits per heavy atom. The van der Waals surface area contributed by atoms with Crippen molar-refractivity contribution in [1.82, 2.24) is 0 Å². The van der Waals surface area contributed by atoms with Gasteiger partial charge in [0.1, 0.15) is 11.6 Å². The minimum Gasteiger partial charge on any atom is -0.279 e. The Hall–Kier alpha value is -3.56. The fourth-order valence-corrected chi connectivity index (χ4v) is 4.03. The normalized spacial score (nSPS) is 12.4. The van der Waals surface area contributed by atoms with Gasteiger partial charge in [0.05, 0.1) is 0 Å². The highest BCUT2D eigenvalue weighted by molar-refractivity contribution is 7.86. The summed E-state index contributed by atoms with van der Waals surface area (Å²) in [6.07, 6.45) is 0.841. The van der Waals surface area contributed by atoms with Crippen LogP contribution in [0.4, 0.5) is 22.0 Å². The molecular weight excluding hydrogens is 487 g/mol. The number of rotatable bonds is 2. The Morgan fingerprint density at radius 2 is 1.14 bits per heavy atom. The third-order valence-corrected chi connectivity index (χ3v) is 6.15. The molecule has 4 aromatic carbocycles. The maximum Gasteiger partial charge on any atom is 0.522 e. The second-order valence-corrected chi connectivity index (χ2v) is 9.20. The van der Waals surface area contributed by atoms with Gasteiger partial charge in [-0.05, 0) is 75.2 Å². The van der Waals surface area contributed by atoms with Crippen LogP contribution in [0.5, 0.6) is 0 Å². The summed E-state index contributed by atoms with van der Waals surface area (Å²) in [4.78, 5) is 0. The highest BCUT2D eigenvalue weighted by atomic mass is 32.2. The van der Waals surface area contributed by atoms with E-state index in [2.05, 4.69) is 36.4 Å². The molecule has 0 fully saturated rings. The molecule has 0 atom stereocenters. The summed E-state index contributed by atoms with van der Waals surface area (Å²) in [5.74, 6) is -0.506. The highest BCUT2D eigenvalue weighted by Gasteiger charge is 2.44. The molecule has 0 saturated carbocycles. The Kier molecular flexibility index (Phi) is 6.48. The van der Waals surface area contributed by atoms with E-state index in [4.69, 9.17) is 13.0 Å². The molecule has 0 spiro atoms. The van der Waals surface area contributed by atoms with Gasteiger partial charge in [-0.1, -0.05) is 60.7 Å². The molecule has 4 aromatic rings. The molecule has 0 saturated heterocycles. The molecule has 0 bridgehead atoms. The molecule has 0 unspecified atom stereocenters. The van der Waals surface area contributed by atoms with Crippen LogP contribution in [0, 0.1) is 11.6 Å². The van der Waals surface area contributed by atoms with Gasteiger partial charge in [-0.2, -0.15) is 21.6 Å². The van der Waals surface area contributed by atoms with Crippen LogP contribution in [0.1, 0.15) is 11.1 Å². The van der Waals surface area contributed by atoms with Crippen molar-refractivity contribution in [2.24, 2.45) is 0 Å². The Morgan fingerprint density at radius 1 is 0.657 bits per heavy atom. The third-order valence-electron chi connectivity index (χ3n) is 5.57. The lowest BCUT2D eigenvalue weighted by Gasteiger charge is -2.16. The van der Waals surface area contributed by atoms with Gasteiger partial charge in [-0.15, -0.1) is 0 Å². The van der Waals surface area contributed by atoms with Crippen molar-refractivity contribution in [3.8, 4) is 33.4 Å². The largest absolute Gasteiger partial charge is 0.522 e. The van der Waals surface area contributed by atoms with Crippen molar-refractivity contribution >= 4 is 10.1 Å². The van der Waals surface area contributed by atoms with E-state index in [0.717, 1.165) is 28.7 Å². The number of halogens is 5. The predicted molar refractivity (Wildman–Crippen MR) is 123 cm³/mol. The van der Waals surface area contributed by atoms with Crippen LogP contribution in [0.2, 0.25) is 0 Å². The molecule has 35 heavy (non-hydrogen) atoms. The smallest absolute Gasteiger partial charge is 0.279 e. The lowest BCUT2D eigenvalue weighted by molar-refractivity contribution is -0.0510. The third kappa shape index (κ3) is 5.11. The lowest BCUT2D eigenvalue weighted by atomic mass is 9.88. The van der Waals surface area contributed by atoms with Crippen molar-refractivity contribution in [2.75, 3.05) is 0 Å². The van der Waals surface area contributed by atoms with E-state index in [1.807, 2.05) is 12.1 Å². The average Bonchev–Trinajstić information content (AvgIpc) is 3.18. The summed E-state index contributed by atoms with van der Waals surface area (Å²) in [6.45, 7) is 0. The molecule has 0 heterocycles. The molecule has 9 heteroatoms. The van der Waals surface area contributed by atoms with Crippen molar-refractivity contribution in [3.63, 3.8) is 0 Å². The number of benzene rings is 4. The van der Waals surface area contributed by atoms with Crippen molar-refractivity contribution < 1.29 is 34.9 Å². The van der Waals surface area contributed by atoms with Crippen molar-refractivity contribution in [2.45, 2.75) is 11.9 Å². The van der Waals surface area contributed by atoms with Crippen LogP contribution >= 0.6 is 0 Å². The average molecular weight is 504 g/mol. The highest BCUT2D eigenvalue weighted by Crippen LogP contribution is 2.45. The minimum absolute atomic E-state index is 0.252. The molecule has 5 rings (SSSR count). The van der Waals surface area contributed by atoms with Crippen molar-refractivity contribution in [3.05, 3.63) is 108 Å². The molecule has 0 amide bonds. The molecule has 0 aromatic heterocycles. The van der Waals surface area contributed by atoms with E-state index in [0.29, 0.717) is 0 Å². The maximum atomic E-state index is 13.5. The zero-order chi connectivity index (χ0) is 25.4. The van der Waals surface area contributed by atoms with Gasteiger partial charge in [-0.25, -0.2) is 8.78 Å². The van der Waals surface area contributed by atoms with Crippen LogP contribution in [0.15, 0.2) is 84.9 Å². The first-order chi connectivity index (χ1) is 16.5. The quantitative estimate of drug-likeness (QED) is 0.156. The first kappa shape index (κ1) is 24.6. The molecular formula is C26H17F5O3S. The van der Waals surface area contributed by atoms with Gasteiger partial charge in [0, 0.05) is 0 Å². The molecule has 3 nitrogen and oxygen atoms in total. The molecule has 1 aliphatic rings. The first-order valence-electron chi connectivity index (χ1n) is 10.3. The van der Waals surface area contributed by atoms with Gasteiger partial charge in [-0.3, -0.25) is 4.55 Å². The Bertz CT molecular complexity index is 1480. The van der Waals surface area contributed by atoms with Crippen LogP contribution in [-0.2, 0) is 16.5 Å². The van der Waals surface area contributed by atoms with Gasteiger partial charge in [0.2, 0.25) is 0 Å². The van der Waals surface area contributed by atoms with Gasteiger partial charge >= 0.3 is 15.6 Å². The predicted octanol–water partition coefficient (Wildman–Crippen LogP) is 7.26. The molecule has 0 radical (unpaired) electrons. The molecule has 0 aliphatic heterocycles. The van der Waals surface area contributed by atoms with E-state index < -0.39 is 15.6 Å². The fraction of sp³-hybridized carbons (Fsp3) is 0.0769. The van der Waals surface area contributed by atoms with Crippen molar-refractivity contribution in [1.29, 1.82) is 0 Å². The SMILES string of the molecule is Fc1ccc(-c2ccc3c(c2-c2ccc(F)cc2)Cc2ccccc2-3)cc1.O=S(=O)(O)C(F)(F)F. The summed E-state index contributed by atoms with van der Waals surface area (Å²) < 4.78 is 84.5. The second kappa shape index (κ2) is 9.24. The summed E-state index contributed by atoms with van der Waals surface area (Å²) in [5, 5.41) is 0. The van der Waals surface area contributed by atoms with E-state index in [-0.39, 0.29) is 11.6 Å². The van der Waals surface area contributed by atoms with E-state index in [1.165, 1.54) is 46.5 Å². The summed E-state index contributed by atoms with van der Waals surface area (Å²) in [5.41, 5.74) is 3.53. The van der Waals surface area contributed by atoms with E-state index >= 15 is 0 Å². The van der Waals surface area contributed by atoms with Crippen LogP contribution in [-0.4, -0.2) is 18.5 Å². The Balaban J connectivity index is 0.000000314. The van der Waals surface area contributed by atoms with Gasteiger partial charge < -0.3 is 0 Å². The van der Waals surface area contributed by atoms with Crippen LogP contribution in [0.3, 0.4) is 0 Å². The van der Waals surface area contributed by atoms with E-state index in [9.17, 15) is 22.0 Å². The summed E-state index contributed by atoms with van der Waals surface area (Å²) in [6, 6.07) is 25.8. The second-order valence-electron chi connectivity index (χ2n) is 7.78. The zero-order valence-corrected chi connectivity index (χ0v) is 18.7. The minimum atomic E-state index is -5.84. The van der Waals surface area contributed by atoms with Crippen LogP contribution < -0.4 is 0 Å². The number of hydrogen-bond acceptors (Lipinski definition) is 2. The monoisotopic (exact) mass is 504 g/mol.